The van der Waals surface area contributed by atoms with Crippen LogP contribution in [0.2, 0.25) is 0 Å². The molecule has 0 unspecified atom stereocenters. The van der Waals surface area contributed by atoms with Gasteiger partial charge in [-0.1, -0.05) is 12.8 Å². The van der Waals surface area contributed by atoms with E-state index in [9.17, 15) is 4.79 Å². The molecule has 0 atom stereocenters. The van der Waals surface area contributed by atoms with Crippen molar-refractivity contribution in [3.63, 3.8) is 0 Å². The number of carboxylic acid groups (broad SMARTS) is 1. The first-order chi connectivity index (χ1) is 8.16. The van der Waals surface area contributed by atoms with Crippen molar-refractivity contribution in [2.45, 2.75) is 38.4 Å². The molecule has 0 aromatic carbocycles. The Bertz CT molecular complexity index is 391. The second kappa shape index (κ2) is 5.63. The molecule has 17 heavy (non-hydrogen) atoms. The van der Waals surface area contributed by atoms with Gasteiger partial charge < -0.3 is 9.52 Å². The summed E-state index contributed by atoms with van der Waals surface area (Å²) in [7, 11) is 0. The minimum absolute atomic E-state index is 0.0847. The molecule has 1 aliphatic rings. The Morgan fingerprint density at radius 1 is 1.53 bits per heavy atom. The van der Waals surface area contributed by atoms with E-state index in [1.807, 2.05) is 17.8 Å². The van der Waals surface area contributed by atoms with Crippen LogP contribution in [0.5, 0.6) is 0 Å². The first kappa shape index (κ1) is 12.6. The lowest BCUT2D eigenvalue weighted by molar-refractivity contribution is 0.0659. The van der Waals surface area contributed by atoms with Crippen LogP contribution in [-0.2, 0) is 5.75 Å². The number of aromatic carboxylic acids is 1. The largest absolute Gasteiger partial charge is 0.475 e. The van der Waals surface area contributed by atoms with Crippen molar-refractivity contribution in [3.05, 3.63) is 23.2 Å². The highest BCUT2D eigenvalue weighted by Gasteiger charge is 2.17. The molecule has 0 spiro atoms. The third-order valence-corrected chi connectivity index (χ3v) is 4.43. The van der Waals surface area contributed by atoms with Crippen LogP contribution in [0.3, 0.4) is 0 Å². The molecular weight excluding hydrogens is 236 g/mol. The van der Waals surface area contributed by atoms with Crippen LogP contribution in [-0.4, -0.2) is 16.8 Å². The molecule has 4 heteroatoms. The fraction of sp³-hybridized carbons (Fsp3) is 0.615. The van der Waals surface area contributed by atoms with E-state index in [0.717, 1.165) is 17.4 Å². The lowest BCUT2D eigenvalue weighted by Gasteiger charge is -2.06. The Morgan fingerprint density at radius 3 is 2.82 bits per heavy atom. The van der Waals surface area contributed by atoms with Gasteiger partial charge in [0.1, 0.15) is 5.76 Å². The Morgan fingerprint density at radius 2 is 2.24 bits per heavy atom. The van der Waals surface area contributed by atoms with Crippen LogP contribution in [0.15, 0.2) is 10.5 Å². The maximum Gasteiger partial charge on any atom is 0.372 e. The van der Waals surface area contributed by atoms with E-state index < -0.39 is 5.97 Å². The van der Waals surface area contributed by atoms with E-state index in [1.165, 1.54) is 31.4 Å². The quantitative estimate of drug-likeness (QED) is 0.870. The lowest BCUT2D eigenvalue weighted by atomic mass is 10.1. The van der Waals surface area contributed by atoms with Gasteiger partial charge in [-0.2, -0.15) is 11.8 Å². The number of aryl methyl sites for hydroxylation is 1. The molecule has 0 amide bonds. The van der Waals surface area contributed by atoms with Gasteiger partial charge in [-0.25, -0.2) is 4.79 Å². The predicted molar refractivity (Wildman–Crippen MR) is 68.5 cm³/mol. The van der Waals surface area contributed by atoms with Gasteiger partial charge in [0.15, 0.2) is 0 Å². The van der Waals surface area contributed by atoms with Crippen LogP contribution >= 0.6 is 11.8 Å². The van der Waals surface area contributed by atoms with E-state index in [1.54, 1.807) is 6.92 Å². The summed E-state index contributed by atoms with van der Waals surface area (Å²) in [5.41, 5.74) is 0.717. The molecule has 0 bridgehead atoms. The van der Waals surface area contributed by atoms with Crippen molar-refractivity contribution in [2.75, 3.05) is 5.75 Å². The first-order valence-corrected chi connectivity index (χ1v) is 7.22. The van der Waals surface area contributed by atoms with Gasteiger partial charge in [-0.3, -0.25) is 0 Å². The van der Waals surface area contributed by atoms with E-state index in [2.05, 4.69) is 0 Å². The number of carbonyl (C=O) groups is 1. The number of thioether (sulfide) groups is 1. The fourth-order valence-electron chi connectivity index (χ4n) is 2.33. The minimum atomic E-state index is -0.977. The number of rotatable bonds is 5. The Hall–Kier alpha value is -0.900. The first-order valence-electron chi connectivity index (χ1n) is 6.07. The molecule has 1 fully saturated rings. The SMILES string of the molecule is Cc1cc(CSCC2CCCC2)oc1C(=O)O. The summed E-state index contributed by atoms with van der Waals surface area (Å²) in [5.74, 6) is 2.70. The summed E-state index contributed by atoms with van der Waals surface area (Å²) in [4.78, 5) is 10.8. The molecule has 0 aliphatic heterocycles. The van der Waals surface area contributed by atoms with Gasteiger partial charge in [0, 0.05) is 5.56 Å². The van der Waals surface area contributed by atoms with Crippen molar-refractivity contribution in [1.29, 1.82) is 0 Å². The third-order valence-electron chi connectivity index (χ3n) is 3.24. The molecule has 1 aromatic heterocycles. The Kier molecular flexibility index (Phi) is 4.15. The van der Waals surface area contributed by atoms with E-state index in [-0.39, 0.29) is 5.76 Å². The van der Waals surface area contributed by atoms with Crippen molar-refractivity contribution in [3.8, 4) is 0 Å². The van der Waals surface area contributed by atoms with Gasteiger partial charge >= 0.3 is 5.97 Å². The summed E-state index contributed by atoms with van der Waals surface area (Å²) < 4.78 is 5.32. The van der Waals surface area contributed by atoms with Gasteiger partial charge in [0.05, 0.1) is 5.75 Å². The zero-order valence-corrected chi connectivity index (χ0v) is 10.9. The summed E-state index contributed by atoms with van der Waals surface area (Å²) in [6, 6.07) is 1.84. The molecular formula is C13H18O3S. The second-order valence-electron chi connectivity index (χ2n) is 4.70. The lowest BCUT2D eigenvalue weighted by Crippen LogP contribution is -1.96. The van der Waals surface area contributed by atoms with Crippen molar-refractivity contribution in [2.24, 2.45) is 5.92 Å². The topological polar surface area (TPSA) is 50.4 Å². The molecule has 1 heterocycles. The molecule has 0 saturated heterocycles. The predicted octanol–water partition coefficient (Wildman–Crippen LogP) is 3.71. The molecule has 1 N–H and O–H groups in total. The van der Waals surface area contributed by atoms with Gasteiger partial charge in [0.2, 0.25) is 5.76 Å². The summed E-state index contributed by atoms with van der Waals surface area (Å²) in [6.07, 6.45) is 5.44. The fourth-order valence-corrected chi connectivity index (χ4v) is 3.46. The summed E-state index contributed by atoms with van der Waals surface area (Å²) >= 11 is 1.85. The number of hydrogen-bond donors (Lipinski definition) is 1. The van der Waals surface area contributed by atoms with Crippen LogP contribution in [0, 0.1) is 12.8 Å². The van der Waals surface area contributed by atoms with Gasteiger partial charge in [0.25, 0.3) is 0 Å². The van der Waals surface area contributed by atoms with Crippen LogP contribution in [0.1, 0.15) is 47.6 Å². The molecule has 3 nitrogen and oxygen atoms in total. The van der Waals surface area contributed by atoms with E-state index in [4.69, 9.17) is 9.52 Å². The summed E-state index contributed by atoms with van der Waals surface area (Å²) in [5, 5.41) is 8.88. The molecule has 2 rings (SSSR count). The smallest absolute Gasteiger partial charge is 0.372 e. The van der Waals surface area contributed by atoms with Crippen LogP contribution in [0.4, 0.5) is 0 Å². The van der Waals surface area contributed by atoms with Crippen molar-refractivity contribution >= 4 is 17.7 Å². The maximum atomic E-state index is 10.8. The average molecular weight is 254 g/mol. The van der Waals surface area contributed by atoms with Crippen LogP contribution < -0.4 is 0 Å². The van der Waals surface area contributed by atoms with Gasteiger partial charge in [-0.15, -0.1) is 0 Å². The standard InChI is InChI=1S/C13H18O3S/c1-9-6-11(16-12(9)13(14)15)8-17-7-10-4-2-3-5-10/h6,10H,2-5,7-8H2,1H3,(H,14,15). The average Bonchev–Trinajstić information content (AvgIpc) is 2.88. The third kappa shape index (κ3) is 3.28. The summed E-state index contributed by atoms with van der Waals surface area (Å²) in [6.45, 7) is 1.78. The van der Waals surface area contributed by atoms with Crippen molar-refractivity contribution in [1.82, 2.24) is 0 Å². The number of furan rings is 1. The number of hydrogen-bond acceptors (Lipinski definition) is 3. The highest BCUT2D eigenvalue weighted by molar-refractivity contribution is 7.98. The number of carboxylic acids is 1. The molecule has 94 valence electrons. The molecule has 1 aliphatic carbocycles. The Balaban J connectivity index is 1.82. The van der Waals surface area contributed by atoms with Crippen LogP contribution in [0.25, 0.3) is 0 Å². The van der Waals surface area contributed by atoms with Gasteiger partial charge in [-0.05, 0) is 37.5 Å². The zero-order valence-electron chi connectivity index (χ0n) is 10.1. The normalized spacial score (nSPS) is 16.5. The minimum Gasteiger partial charge on any atom is -0.475 e. The molecule has 1 aromatic rings. The Labute approximate surface area is 106 Å². The van der Waals surface area contributed by atoms with Crippen molar-refractivity contribution < 1.29 is 14.3 Å². The molecule has 1 saturated carbocycles. The highest BCUT2D eigenvalue weighted by atomic mass is 32.2. The van der Waals surface area contributed by atoms with E-state index >= 15 is 0 Å². The molecule has 0 radical (unpaired) electrons. The zero-order chi connectivity index (χ0) is 12.3. The maximum absolute atomic E-state index is 10.8. The monoisotopic (exact) mass is 254 g/mol. The second-order valence-corrected chi connectivity index (χ2v) is 5.73. The highest BCUT2D eigenvalue weighted by Crippen LogP contribution is 2.29. The van der Waals surface area contributed by atoms with E-state index in [0.29, 0.717) is 5.56 Å².